The summed E-state index contributed by atoms with van der Waals surface area (Å²) in [7, 11) is -3.42. The minimum Gasteiger partial charge on any atom is -0.364 e. The van der Waals surface area contributed by atoms with Crippen molar-refractivity contribution in [1.82, 2.24) is 4.98 Å². The minimum atomic E-state index is -3.42. The molecule has 0 aliphatic rings. The lowest BCUT2D eigenvalue weighted by Gasteiger charge is -2.01. The normalized spacial score (nSPS) is 11.3. The van der Waals surface area contributed by atoms with E-state index in [9.17, 15) is 13.2 Å². The Morgan fingerprint density at radius 2 is 2.14 bits per heavy atom. The van der Waals surface area contributed by atoms with Crippen molar-refractivity contribution in [3.63, 3.8) is 0 Å². The van der Waals surface area contributed by atoms with Gasteiger partial charge in [0.1, 0.15) is 5.69 Å². The van der Waals surface area contributed by atoms with Crippen molar-refractivity contribution in [1.29, 1.82) is 0 Å². The SMILES string of the molecule is Cc1[c]c(C(N)=O)nc(S(C)(=O)=O)c1. The number of carbonyl (C=O) groups is 1. The molecule has 2 N–H and O–H groups in total. The highest BCUT2D eigenvalue weighted by Gasteiger charge is 2.13. The maximum Gasteiger partial charge on any atom is 0.268 e. The van der Waals surface area contributed by atoms with Crippen LogP contribution in [-0.2, 0) is 9.84 Å². The Labute approximate surface area is 81.9 Å². The monoisotopic (exact) mass is 213 g/mol. The second kappa shape index (κ2) is 3.38. The smallest absolute Gasteiger partial charge is 0.268 e. The molecule has 0 saturated carbocycles. The van der Waals surface area contributed by atoms with Gasteiger partial charge in [-0.3, -0.25) is 4.79 Å². The Kier molecular flexibility index (Phi) is 2.57. The molecule has 0 aliphatic carbocycles. The number of carbonyl (C=O) groups excluding carboxylic acids is 1. The summed E-state index contributed by atoms with van der Waals surface area (Å²) in [5.41, 5.74) is 5.31. The first kappa shape index (κ1) is 10.6. The number of aryl methyl sites for hydroxylation is 1. The topological polar surface area (TPSA) is 90.1 Å². The molecule has 1 radical (unpaired) electrons. The van der Waals surface area contributed by atoms with E-state index in [1.807, 2.05) is 0 Å². The van der Waals surface area contributed by atoms with Crippen LogP contribution < -0.4 is 5.73 Å². The first-order valence-electron chi connectivity index (χ1n) is 3.71. The second-order valence-electron chi connectivity index (χ2n) is 2.89. The zero-order valence-electron chi connectivity index (χ0n) is 7.73. The lowest BCUT2D eigenvalue weighted by atomic mass is 10.2. The Bertz CT molecular complexity index is 479. The van der Waals surface area contributed by atoms with Gasteiger partial charge in [-0.05, 0) is 18.6 Å². The first-order chi connectivity index (χ1) is 6.30. The van der Waals surface area contributed by atoms with Gasteiger partial charge in [0.25, 0.3) is 5.91 Å². The molecule has 1 amide bonds. The number of hydrogen-bond donors (Lipinski definition) is 1. The largest absolute Gasteiger partial charge is 0.364 e. The van der Waals surface area contributed by atoms with Gasteiger partial charge >= 0.3 is 0 Å². The van der Waals surface area contributed by atoms with Crippen LogP contribution in [0, 0.1) is 13.0 Å². The summed E-state index contributed by atoms with van der Waals surface area (Å²) < 4.78 is 22.3. The van der Waals surface area contributed by atoms with Crippen molar-refractivity contribution < 1.29 is 13.2 Å². The van der Waals surface area contributed by atoms with Gasteiger partial charge in [0.05, 0.1) is 0 Å². The summed E-state index contributed by atoms with van der Waals surface area (Å²) in [5.74, 6) is -0.793. The molecule has 0 bridgehead atoms. The highest BCUT2D eigenvalue weighted by Crippen LogP contribution is 2.09. The third kappa shape index (κ3) is 2.29. The number of amides is 1. The molecule has 1 aromatic heterocycles. The number of sulfone groups is 1. The molecule has 14 heavy (non-hydrogen) atoms. The summed E-state index contributed by atoms with van der Waals surface area (Å²) in [6, 6.07) is 3.90. The van der Waals surface area contributed by atoms with Crippen molar-refractivity contribution >= 4 is 15.7 Å². The van der Waals surface area contributed by atoms with Gasteiger partial charge in [-0.2, -0.15) is 0 Å². The Morgan fingerprint density at radius 1 is 1.57 bits per heavy atom. The molecule has 1 heterocycles. The number of nitrogens with two attached hydrogens (primary N) is 1. The molecule has 0 atom stereocenters. The predicted octanol–water partition coefficient (Wildman–Crippen LogP) is -0.307. The van der Waals surface area contributed by atoms with Crippen LogP contribution in [0.5, 0.6) is 0 Å². The van der Waals surface area contributed by atoms with Gasteiger partial charge in [0, 0.05) is 12.3 Å². The molecule has 0 fully saturated rings. The standard InChI is InChI=1S/C8H9N2O3S/c1-5-3-6(8(9)11)10-7(4-5)14(2,12)13/h4H,1-2H3,(H2,9,11). The summed E-state index contributed by atoms with van der Waals surface area (Å²) in [4.78, 5) is 14.4. The molecule has 1 rings (SSSR count). The number of hydrogen-bond acceptors (Lipinski definition) is 4. The van der Waals surface area contributed by atoms with Crippen molar-refractivity contribution in [2.45, 2.75) is 11.9 Å². The first-order valence-corrected chi connectivity index (χ1v) is 5.60. The summed E-state index contributed by atoms with van der Waals surface area (Å²) in [6.07, 6.45) is 1.01. The van der Waals surface area contributed by atoms with Crippen LogP contribution in [0.15, 0.2) is 11.1 Å². The van der Waals surface area contributed by atoms with E-state index in [0.29, 0.717) is 5.56 Å². The Morgan fingerprint density at radius 3 is 2.57 bits per heavy atom. The van der Waals surface area contributed by atoms with Crippen molar-refractivity contribution in [3.05, 3.63) is 23.4 Å². The fourth-order valence-corrected chi connectivity index (χ4v) is 1.53. The molecular formula is C8H9N2O3S. The van der Waals surface area contributed by atoms with Crippen LogP contribution in [0.3, 0.4) is 0 Å². The van der Waals surface area contributed by atoms with Gasteiger partial charge in [0.15, 0.2) is 14.9 Å². The van der Waals surface area contributed by atoms with Gasteiger partial charge in [-0.25, -0.2) is 13.4 Å². The maximum absolute atomic E-state index is 11.1. The third-order valence-corrected chi connectivity index (χ3v) is 2.46. The zero-order valence-corrected chi connectivity index (χ0v) is 8.55. The van der Waals surface area contributed by atoms with E-state index >= 15 is 0 Å². The molecule has 0 aliphatic heterocycles. The lowest BCUT2D eigenvalue weighted by Crippen LogP contribution is -2.15. The number of rotatable bonds is 2. The number of nitrogens with zero attached hydrogens (tertiary/aromatic N) is 1. The van der Waals surface area contributed by atoms with Gasteiger partial charge in [-0.15, -0.1) is 0 Å². The minimum absolute atomic E-state index is 0.162. The molecule has 0 spiro atoms. The van der Waals surface area contributed by atoms with Gasteiger partial charge in [0.2, 0.25) is 0 Å². The number of aromatic nitrogens is 1. The molecule has 1 aromatic rings. The molecule has 6 heteroatoms. The van der Waals surface area contributed by atoms with Crippen LogP contribution in [0.4, 0.5) is 0 Å². The van der Waals surface area contributed by atoms with Crippen LogP contribution in [-0.4, -0.2) is 25.6 Å². The molecule has 75 valence electrons. The van der Waals surface area contributed by atoms with Gasteiger partial charge < -0.3 is 5.73 Å². The molecule has 0 unspecified atom stereocenters. The predicted molar refractivity (Wildman–Crippen MR) is 49.4 cm³/mol. The van der Waals surface area contributed by atoms with E-state index in [4.69, 9.17) is 5.73 Å². The summed E-state index contributed by atoms with van der Waals surface area (Å²) >= 11 is 0. The molecule has 0 saturated heterocycles. The summed E-state index contributed by atoms with van der Waals surface area (Å²) in [5, 5.41) is -0.164. The fraction of sp³-hybridized carbons (Fsp3) is 0.250. The van der Waals surface area contributed by atoms with Crippen LogP contribution in [0.25, 0.3) is 0 Å². The second-order valence-corrected chi connectivity index (χ2v) is 4.85. The van der Waals surface area contributed by atoms with E-state index in [0.717, 1.165) is 6.26 Å². The highest BCUT2D eigenvalue weighted by atomic mass is 32.2. The van der Waals surface area contributed by atoms with Gasteiger partial charge in [-0.1, -0.05) is 0 Å². The zero-order chi connectivity index (χ0) is 10.9. The van der Waals surface area contributed by atoms with E-state index in [1.165, 1.54) is 6.07 Å². The van der Waals surface area contributed by atoms with Crippen molar-refractivity contribution in [2.75, 3.05) is 6.26 Å². The average molecular weight is 213 g/mol. The van der Waals surface area contributed by atoms with E-state index < -0.39 is 15.7 Å². The lowest BCUT2D eigenvalue weighted by molar-refractivity contribution is 0.0994. The molecule has 0 aromatic carbocycles. The Hall–Kier alpha value is -1.43. The Balaban J connectivity index is 3.43. The summed E-state index contributed by atoms with van der Waals surface area (Å²) in [6.45, 7) is 1.61. The van der Waals surface area contributed by atoms with E-state index in [1.54, 1.807) is 6.92 Å². The quantitative estimate of drug-likeness (QED) is 0.729. The van der Waals surface area contributed by atoms with E-state index in [2.05, 4.69) is 11.1 Å². The van der Waals surface area contributed by atoms with Crippen LogP contribution in [0.2, 0.25) is 0 Å². The van der Waals surface area contributed by atoms with Crippen LogP contribution >= 0.6 is 0 Å². The van der Waals surface area contributed by atoms with Crippen LogP contribution in [0.1, 0.15) is 16.1 Å². The van der Waals surface area contributed by atoms with E-state index in [-0.39, 0.29) is 10.7 Å². The highest BCUT2D eigenvalue weighted by molar-refractivity contribution is 7.90. The van der Waals surface area contributed by atoms with Crippen molar-refractivity contribution in [2.24, 2.45) is 5.73 Å². The maximum atomic E-state index is 11.1. The number of pyridine rings is 1. The molecule has 5 nitrogen and oxygen atoms in total. The number of primary amides is 1. The average Bonchev–Trinajstić information content (AvgIpc) is 2.01. The fourth-order valence-electron chi connectivity index (χ4n) is 0.885. The third-order valence-electron chi connectivity index (χ3n) is 1.49. The molecular weight excluding hydrogens is 204 g/mol. The van der Waals surface area contributed by atoms with Crippen molar-refractivity contribution in [3.8, 4) is 0 Å².